The molecule has 0 spiro atoms. The van der Waals surface area contributed by atoms with Crippen molar-refractivity contribution >= 4 is 46.6 Å². The summed E-state index contributed by atoms with van der Waals surface area (Å²) < 4.78 is 10.3. The van der Waals surface area contributed by atoms with E-state index < -0.39 is 11.9 Å². The van der Waals surface area contributed by atoms with Gasteiger partial charge in [0.25, 0.3) is 0 Å². The average Bonchev–Trinajstić information content (AvgIpc) is 2.62. The Morgan fingerprint density at radius 2 is 1.56 bits per heavy atom. The number of carbonyl (C=O) groups excluding carboxylic acids is 2. The van der Waals surface area contributed by atoms with Gasteiger partial charge in [-0.25, -0.2) is 4.98 Å². The van der Waals surface area contributed by atoms with Crippen LogP contribution in [-0.2, 0) is 9.59 Å². The van der Waals surface area contributed by atoms with Gasteiger partial charge in [0.05, 0.1) is 10.7 Å². The normalized spacial score (nSPS) is 10.9. The van der Waals surface area contributed by atoms with Crippen molar-refractivity contribution in [2.24, 2.45) is 0 Å². The predicted molar refractivity (Wildman–Crippen MR) is 105 cm³/mol. The van der Waals surface area contributed by atoms with Gasteiger partial charge in [0.15, 0.2) is 5.75 Å². The lowest BCUT2D eigenvalue weighted by Gasteiger charge is -2.07. The number of para-hydroxylation sites is 1. The number of aromatic nitrogens is 1. The minimum Gasteiger partial charge on any atom is -0.425 e. The number of ether oxygens (including phenoxy) is 2. The van der Waals surface area contributed by atoms with Crippen LogP contribution in [-0.4, -0.2) is 16.9 Å². The number of pyridine rings is 1. The summed E-state index contributed by atoms with van der Waals surface area (Å²) in [6, 6.07) is 14.3. The molecule has 3 aromatic rings. The number of fused-ring (bicyclic) bond motifs is 1. The molecule has 0 bridgehead atoms. The number of halogens is 1. The zero-order valence-corrected chi connectivity index (χ0v) is 15.5. The van der Waals surface area contributed by atoms with Crippen LogP contribution in [0, 0.1) is 0 Å². The quantitative estimate of drug-likeness (QED) is 0.474. The molecule has 3 rings (SSSR count). The molecule has 0 fully saturated rings. The van der Waals surface area contributed by atoms with Crippen molar-refractivity contribution in [1.29, 1.82) is 0 Å². The number of hydrogen-bond donors (Lipinski definition) is 0. The third-order valence-corrected chi connectivity index (χ3v) is 4.04. The van der Waals surface area contributed by atoms with Crippen molar-refractivity contribution in [3.05, 3.63) is 64.8 Å². The van der Waals surface area contributed by atoms with E-state index in [-0.39, 0.29) is 0 Å². The van der Waals surface area contributed by atoms with Crippen LogP contribution < -0.4 is 9.47 Å². The second-order valence-electron chi connectivity index (χ2n) is 5.74. The molecule has 136 valence electrons. The topological polar surface area (TPSA) is 65.5 Å². The zero-order chi connectivity index (χ0) is 19.4. The highest BCUT2D eigenvalue weighted by Gasteiger charge is 2.08. The molecule has 1 heterocycles. The van der Waals surface area contributed by atoms with Gasteiger partial charge in [-0.1, -0.05) is 48.0 Å². The van der Waals surface area contributed by atoms with Gasteiger partial charge in [0.2, 0.25) is 0 Å². The number of nitrogens with zero attached hydrogens (tertiary/aromatic N) is 1. The van der Waals surface area contributed by atoms with E-state index in [1.807, 2.05) is 18.2 Å². The van der Waals surface area contributed by atoms with Crippen LogP contribution in [0.15, 0.2) is 48.5 Å². The largest absolute Gasteiger partial charge is 0.425 e. The Morgan fingerprint density at radius 1 is 0.889 bits per heavy atom. The zero-order valence-electron chi connectivity index (χ0n) is 14.7. The summed E-state index contributed by atoms with van der Waals surface area (Å²) in [5.74, 6) is -0.133. The van der Waals surface area contributed by atoms with Crippen molar-refractivity contribution in [3.63, 3.8) is 0 Å². The number of esters is 2. The molecule has 0 saturated heterocycles. The molecule has 0 N–H and O–H groups in total. The second-order valence-corrected chi connectivity index (χ2v) is 6.12. The van der Waals surface area contributed by atoms with Gasteiger partial charge in [-0.05, 0) is 29.8 Å². The first kappa shape index (κ1) is 18.6. The van der Waals surface area contributed by atoms with Crippen molar-refractivity contribution in [1.82, 2.24) is 4.98 Å². The third kappa shape index (κ3) is 4.51. The Kier molecular flexibility index (Phi) is 5.52. The van der Waals surface area contributed by atoms with Crippen molar-refractivity contribution < 1.29 is 19.1 Å². The smallest absolute Gasteiger partial charge is 0.308 e. The van der Waals surface area contributed by atoms with E-state index in [0.717, 1.165) is 5.39 Å². The summed E-state index contributed by atoms with van der Waals surface area (Å²) >= 11 is 6.29. The van der Waals surface area contributed by atoms with Gasteiger partial charge >= 0.3 is 11.9 Å². The van der Waals surface area contributed by atoms with Crippen molar-refractivity contribution in [3.8, 4) is 11.5 Å². The van der Waals surface area contributed by atoms with Crippen molar-refractivity contribution in [2.45, 2.75) is 13.8 Å². The van der Waals surface area contributed by atoms with E-state index in [2.05, 4.69) is 4.98 Å². The minimum absolute atomic E-state index is 0.301. The number of hydrogen-bond acceptors (Lipinski definition) is 5. The van der Waals surface area contributed by atoms with E-state index in [4.69, 9.17) is 21.1 Å². The predicted octanol–water partition coefficient (Wildman–Crippen LogP) is 4.91. The molecule has 27 heavy (non-hydrogen) atoms. The maximum atomic E-state index is 11.3. The van der Waals surface area contributed by atoms with Gasteiger partial charge < -0.3 is 9.47 Å². The summed E-state index contributed by atoms with van der Waals surface area (Å²) in [4.78, 5) is 27.0. The Bertz CT molecular complexity index is 1060. The number of rotatable bonds is 4. The van der Waals surface area contributed by atoms with Gasteiger partial charge in [0, 0.05) is 19.2 Å². The van der Waals surface area contributed by atoms with Crippen LogP contribution >= 0.6 is 11.6 Å². The van der Waals surface area contributed by atoms with Crippen LogP contribution in [0.2, 0.25) is 5.02 Å². The lowest BCUT2D eigenvalue weighted by atomic mass is 10.1. The second kappa shape index (κ2) is 8.01. The fourth-order valence-electron chi connectivity index (χ4n) is 2.53. The first-order chi connectivity index (χ1) is 12.9. The monoisotopic (exact) mass is 381 g/mol. The summed E-state index contributed by atoms with van der Waals surface area (Å²) in [7, 11) is 0. The molecule has 0 radical (unpaired) electrons. The first-order valence-electron chi connectivity index (χ1n) is 8.17. The number of benzene rings is 2. The Hall–Kier alpha value is -3.18. The van der Waals surface area contributed by atoms with Gasteiger partial charge in [-0.2, -0.15) is 0 Å². The Labute approximate surface area is 161 Å². The van der Waals surface area contributed by atoms with Gasteiger partial charge in [-0.15, -0.1) is 0 Å². The minimum atomic E-state index is -0.438. The first-order valence-corrected chi connectivity index (χ1v) is 8.55. The Morgan fingerprint density at radius 3 is 2.30 bits per heavy atom. The molecule has 0 amide bonds. The third-order valence-electron chi connectivity index (χ3n) is 3.64. The molecular weight excluding hydrogens is 366 g/mol. The summed E-state index contributed by atoms with van der Waals surface area (Å²) in [5, 5.41) is 1.20. The maximum absolute atomic E-state index is 11.3. The lowest BCUT2D eigenvalue weighted by molar-refractivity contribution is -0.132. The fourth-order valence-corrected chi connectivity index (χ4v) is 2.76. The van der Waals surface area contributed by atoms with Crippen LogP contribution in [0.4, 0.5) is 0 Å². The molecule has 1 aromatic heterocycles. The Balaban J connectivity index is 1.95. The number of carbonyl (C=O) groups is 2. The van der Waals surface area contributed by atoms with Crippen LogP contribution in [0.5, 0.6) is 11.5 Å². The van der Waals surface area contributed by atoms with E-state index in [1.54, 1.807) is 42.5 Å². The van der Waals surface area contributed by atoms with E-state index in [9.17, 15) is 9.59 Å². The highest BCUT2D eigenvalue weighted by atomic mass is 35.5. The van der Waals surface area contributed by atoms with E-state index in [1.165, 1.54) is 13.8 Å². The molecule has 6 heteroatoms. The van der Waals surface area contributed by atoms with Crippen LogP contribution in [0.1, 0.15) is 25.1 Å². The lowest BCUT2D eigenvalue weighted by Crippen LogP contribution is -2.02. The highest BCUT2D eigenvalue weighted by molar-refractivity contribution is 6.33. The molecule has 5 nitrogen and oxygen atoms in total. The molecule has 0 aliphatic heterocycles. The summed E-state index contributed by atoms with van der Waals surface area (Å²) in [5.41, 5.74) is 1.94. The van der Waals surface area contributed by atoms with E-state index in [0.29, 0.717) is 33.3 Å². The standard InChI is InChI=1S/C21H16ClNO4/c1-13(24)26-18-7-3-5-15(20(18)22)9-11-17-12-10-16-6-4-8-19(21(16)23-17)27-14(2)25/h3-12H,1-2H3. The van der Waals surface area contributed by atoms with Crippen molar-refractivity contribution in [2.75, 3.05) is 0 Å². The molecule has 2 aromatic carbocycles. The molecular formula is C21H16ClNO4. The molecule has 0 saturated carbocycles. The average molecular weight is 382 g/mol. The van der Waals surface area contributed by atoms with Crippen LogP contribution in [0.25, 0.3) is 23.1 Å². The van der Waals surface area contributed by atoms with Gasteiger partial charge in [0.1, 0.15) is 11.3 Å². The van der Waals surface area contributed by atoms with E-state index >= 15 is 0 Å². The summed E-state index contributed by atoms with van der Waals surface area (Å²) in [6.07, 6.45) is 3.56. The molecule has 0 aliphatic rings. The molecule has 0 aliphatic carbocycles. The molecule has 0 atom stereocenters. The fraction of sp³-hybridized carbons (Fsp3) is 0.0952. The SMILES string of the molecule is CC(=O)Oc1cccc(C=Cc2ccc3cccc(OC(C)=O)c3n2)c1Cl. The van der Waals surface area contributed by atoms with Crippen LogP contribution in [0.3, 0.4) is 0 Å². The highest BCUT2D eigenvalue weighted by Crippen LogP contribution is 2.30. The summed E-state index contributed by atoms with van der Waals surface area (Å²) in [6.45, 7) is 2.67. The van der Waals surface area contributed by atoms with Gasteiger partial charge in [-0.3, -0.25) is 9.59 Å². The molecule has 0 unspecified atom stereocenters. The maximum Gasteiger partial charge on any atom is 0.308 e.